The molecule has 0 aliphatic carbocycles. The molecular weight excluding hydrogens is 401 g/mol. The molecule has 6 heteroatoms. The molecule has 0 aliphatic rings. The third kappa shape index (κ3) is 6.01. The molecule has 1 aromatic carbocycles. The van der Waals surface area contributed by atoms with E-state index in [1.807, 2.05) is 25.2 Å². The van der Waals surface area contributed by atoms with Crippen LogP contribution in [-0.2, 0) is 6.42 Å². The zero-order chi connectivity index (χ0) is 15.8. The maximum absolute atomic E-state index is 4.58. The van der Waals surface area contributed by atoms with Crippen LogP contribution in [-0.4, -0.2) is 36.1 Å². The first kappa shape index (κ1) is 19.7. The summed E-state index contributed by atoms with van der Waals surface area (Å²) in [4.78, 5) is 12.2. The second-order valence-electron chi connectivity index (χ2n) is 5.51. The van der Waals surface area contributed by atoms with E-state index in [1.165, 1.54) is 12.8 Å². The first-order valence-electron chi connectivity index (χ1n) is 8.15. The van der Waals surface area contributed by atoms with Crippen molar-refractivity contribution in [1.82, 2.24) is 20.6 Å². The number of aromatic nitrogens is 2. The lowest BCUT2D eigenvalue weighted by Gasteiger charge is -2.16. The van der Waals surface area contributed by atoms with Gasteiger partial charge < -0.3 is 15.6 Å². The highest BCUT2D eigenvalue weighted by Gasteiger charge is 2.05. The average Bonchev–Trinajstić information content (AvgIpc) is 2.96. The van der Waals surface area contributed by atoms with Crippen LogP contribution in [0.1, 0.15) is 32.5 Å². The highest BCUT2D eigenvalue weighted by Crippen LogP contribution is 2.10. The van der Waals surface area contributed by atoms with Gasteiger partial charge in [-0.1, -0.05) is 38.8 Å². The summed E-state index contributed by atoms with van der Waals surface area (Å²) in [7, 11) is 1.81. The van der Waals surface area contributed by atoms with E-state index in [0.717, 1.165) is 42.3 Å². The summed E-state index contributed by atoms with van der Waals surface area (Å²) in [5.41, 5.74) is 2.11. The van der Waals surface area contributed by atoms with Crippen molar-refractivity contribution in [3.8, 4) is 0 Å². The van der Waals surface area contributed by atoms with Gasteiger partial charge in [-0.25, -0.2) is 4.98 Å². The van der Waals surface area contributed by atoms with E-state index in [2.05, 4.69) is 45.5 Å². The molecule has 2 rings (SSSR count). The Morgan fingerprint density at radius 3 is 2.61 bits per heavy atom. The first-order valence-corrected chi connectivity index (χ1v) is 8.15. The van der Waals surface area contributed by atoms with Crippen LogP contribution in [0.25, 0.3) is 11.0 Å². The molecule has 0 bridgehead atoms. The second-order valence-corrected chi connectivity index (χ2v) is 5.51. The Kier molecular flexibility index (Phi) is 8.98. The van der Waals surface area contributed by atoms with Crippen LogP contribution in [0.2, 0.25) is 0 Å². The number of rotatable bonds is 7. The zero-order valence-electron chi connectivity index (χ0n) is 14.2. The standard InChI is InChI=1S/C17H27N5.HI/c1-4-13(5-2)12-20-17(18-3)19-11-10-16-21-14-8-6-7-9-15(14)22-16;/h6-9,13H,4-5,10-12H2,1-3H3,(H,21,22)(H2,18,19,20);1H. The molecule has 0 aliphatic heterocycles. The van der Waals surface area contributed by atoms with Crippen LogP contribution in [0.15, 0.2) is 29.3 Å². The lowest BCUT2D eigenvalue weighted by molar-refractivity contribution is 0.481. The van der Waals surface area contributed by atoms with Crippen LogP contribution in [0, 0.1) is 5.92 Å². The highest BCUT2D eigenvalue weighted by molar-refractivity contribution is 14.0. The summed E-state index contributed by atoms with van der Waals surface area (Å²) in [5, 5.41) is 6.74. The van der Waals surface area contributed by atoms with E-state index in [0.29, 0.717) is 5.92 Å². The van der Waals surface area contributed by atoms with E-state index < -0.39 is 0 Å². The first-order chi connectivity index (χ1) is 10.8. The van der Waals surface area contributed by atoms with E-state index >= 15 is 0 Å². The number of nitrogens with zero attached hydrogens (tertiary/aromatic N) is 2. The Hall–Kier alpha value is -1.31. The fraction of sp³-hybridized carbons (Fsp3) is 0.529. The molecule has 1 aromatic heterocycles. The van der Waals surface area contributed by atoms with Gasteiger partial charge in [0.05, 0.1) is 11.0 Å². The Bertz CT molecular complexity index is 571. The molecule has 5 nitrogen and oxygen atoms in total. The molecule has 1 heterocycles. The Labute approximate surface area is 155 Å². The fourth-order valence-corrected chi connectivity index (χ4v) is 2.46. The number of guanidine groups is 1. The summed E-state index contributed by atoms with van der Waals surface area (Å²) < 4.78 is 0. The minimum absolute atomic E-state index is 0. The number of fused-ring (bicyclic) bond motifs is 1. The number of aromatic amines is 1. The van der Waals surface area contributed by atoms with E-state index in [-0.39, 0.29) is 24.0 Å². The van der Waals surface area contributed by atoms with Gasteiger partial charge in [-0.15, -0.1) is 24.0 Å². The molecule has 3 N–H and O–H groups in total. The molecule has 128 valence electrons. The number of H-pyrrole nitrogens is 1. The third-order valence-corrected chi connectivity index (χ3v) is 4.03. The smallest absolute Gasteiger partial charge is 0.190 e. The maximum Gasteiger partial charge on any atom is 0.190 e. The number of hydrogen-bond donors (Lipinski definition) is 3. The Morgan fingerprint density at radius 2 is 1.96 bits per heavy atom. The van der Waals surface area contributed by atoms with Gasteiger partial charge in [0.2, 0.25) is 0 Å². The minimum Gasteiger partial charge on any atom is -0.356 e. The van der Waals surface area contributed by atoms with E-state index in [1.54, 1.807) is 0 Å². The van der Waals surface area contributed by atoms with Crippen molar-refractivity contribution >= 4 is 41.0 Å². The van der Waals surface area contributed by atoms with Gasteiger partial charge in [-0.05, 0) is 18.1 Å². The van der Waals surface area contributed by atoms with Crippen molar-refractivity contribution in [1.29, 1.82) is 0 Å². The van der Waals surface area contributed by atoms with Crippen molar-refractivity contribution < 1.29 is 0 Å². The zero-order valence-corrected chi connectivity index (χ0v) is 16.6. The predicted octanol–water partition coefficient (Wildman–Crippen LogP) is 3.32. The third-order valence-electron chi connectivity index (χ3n) is 4.03. The lowest BCUT2D eigenvalue weighted by atomic mass is 10.0. The molecule has 23 heavy (non-hydrogen) atoms. The van der Waals surface area contributed by atoms with Crippen molar-refractivity contribution in [2.75, 3.05) is 20.1 Å². The molecule has 0 fully saturated rings. The SMILES string of the molecule is CCC(CC)CNC(=NC)NCCc1nc2ccccc2[nH]1.I. The number of benzene rings is 1. The number of aliphatic imine (C=N–C) groups is 1. The van der Waals surface area contributed by atoms with Gasteiger partial charge in [0.25, 0.3) is 0 Å². The maximum atomic E-state index is 4.58. The number of para-hydroxylation sites is 2. The number of halogens is 1. The quantitative estimate of drug-likeness (QED) is 0.360. The molecule has 0 unspecified atom stereocenters. The van der Waals surface area contributed by atoms with Crippen LogP contribution in [0.3, 0.4) is 0 Å². The Balaban J connectivity index is 0.00000264. The van der Waals surface area contributed by atoms with E-state index in [4.69, 9.17) is 0 Å². The number of imidazole rings is 1. The summed E-state index contributed by atoms with van der Waals surface area (Å²) in [6.45, 7) is 6.24. The van der Waals surface area contributed by atoms with Gasteiger partial charge in [0.1, 0.15) is 5.82 Å². The topological polar surface area (TPSA) is 65.1 Å². The molecule has 0 atom stereocenters. The van der Waals surface area contributed by atoms with Gasteiger partial charge in [0.15, 0.2) is 5.96 Å². The molecule has 0 saturated carbocycles. The van der Waals surface area contributed by atoms with Crippen LogP contribution >= 0.6 is 24.0 Å². The minimum atomic E-state index is 0. The molecule has 0 amide bonds. The second kappa shape index (κ2) is 10.5. The average molecular weight is 429 g/mol. The summed E-state index contributed by atoms with van der Waals surface area (Å²) in [5.74, 6) is 2.57. The molecule has 0 radical (unpaired) electrons. The van der Waals surface area contributed by atoms with Gasteiger partial charge in [-0.2, -0.15) is 0 Å². The van der Waals surface area contributed by atoms with Crippen molar-refractivity contribution in [3.63, 3.8) is 0 Å². The highest BCUT2D eigenvalue weighted by atomic mass is 127. The van der Waals surface area contributed by atoms with Gasteiger partial charge >= 0.3 is 0 Å². The molecule has 0 saturated heterocycles. The summed E-state index contributed by atoms with van der Waals surface area (Å²) >= 11 is 0. The monoisotopic (exact) mass is 429 g/mol. The van der Waals surface area contributed by atoms with Crippen molar-refractivity contribution in [3.05, 3.63) is 30.1 Å². The van der Waals surface area contributed by atoms with Crippen molar-refractivity contribution in [2.45, 2.75) is 33.1 Å². The van der Waals surface area contributed by atoms with E-state index in [9.17, 15) is 0 Å². The normalized spacial score (nSPS) is 11.6. The molecular formula is C17H28IN5. The van der Waals surface area contributed by atoms with Crippen molar-refractivity contribution in [2.24, 2.45) is 10.9 Å². The van der Waals surface area contributed by atoms with Gasteiger partial charge in [-0.3, -0.25) is 4.99 Å². The largest absolute Gasteiger partial charge is 0.356 e. The van der Waals surface area contributed by atoms with Crippen LogP contribution in [0.4, 0.5) is 0 Å². The lowest BCUT2D eigenvalue weighted by Crippen LogP contribution is -2.40. The summed E-state index contributed by atoms with van der Waals surface area (Å²) in [6, 6.07) is 8.11. The summed E-state index contributed by atoms with van der Waals surface area (Å²) in [6.07, 6.45) is 3.24. The molecule has 0 spiro atoms. The number of nitrogens with one attached hydrogen (secondary N) is 3. The fourth-order valence-electron chi connectivity index (χ4n) is 2.46. The Morgan fingerprint density at radius 1 is 1.22 bits per heavy atom. The number of hydrogen-bond acceptors (Lipinski definition) is 2. The predicted molar refractivity (Wildman–Crippen MR) is 109 cm³/mol. The van der Waals surface area contributed by atoms with Crippen LogP contribution in [0.5, 0.6) is 0 Å². The molecule has 2 aromatic rings. The van der Waals surface area contributed by atoms with Gasteiger partial charge in [0, 0.05) is 26.6 Å². The van der Waals surface area contributed by atoms with Crippen LogP contribution < -0.4 is 10.6 Å².